The van der Waals surface area contributed by atoms with E-state index in [2.05, 4.69) is 0 Å². The van der Waals surface area contributed by atoms with E-state index in [0.29, 0.717) is 0 Å². The molecule has 0 fully saturated rings. The van der Waals surface area contributed by atoms with Crippen molar-refractivity contribution < 1.29 is 32.6 Å². The van der Waals surface area contributed by atoms with Crippen LogP contribution in [0.2, 0.25) is 0 Å². The Morgan fingerprint density at radius 1 is 1.17 bits per heavy atom. The lowest BCUT2D eigenvalue weighted by Gasteiger charge is -2.20. The molecular weight excluding hydrogens is 327 g/mol. The molecule has 0 aliphatic heterocycles. The fourth-order valence-electron chi connectivity index (χ4n) is 2.30. The highest BCUT2D eigenvalue weighted by molar-refractivity contribution is 5.95. The standard InChI is InChI=1S/C16H16F3NO4/c1-15(2,3)24-13(21)8-20-11-5-4-10(16(17,18)19)6-9(11)7-12(20)14(22)23/h4-7H,8H2,1-3H3,(H,22,23). The molecule has 0 bridgehead atoms. The van der Waals surface area contributed by atoms with Crippen LogP contribution >= 0.6 is 0 Å². The zero-order valence-corrected chi connectivity index (χ0v) is 13.3. The number of hydrogen-bond donors (Lipinski definition) is 1. The van der Waals surface area contributed by atoms with Crippen molar-refractivity contribution in [3.8, 4) is 0 Å². The highest BCUT2D eigenvalue weighted by Crippen LogP contribution is 2.32. The lowest BCUT2D eigenvalue weighted by molar-refractivity contribution is -0.155. The Morgan fingerprint density at radius 2 is 1.79 bits per heavy atom. The van der Waals surface area contributed by atoms with Crippen molar-refractivity contribution >= 4 is 22.8 Å². The third-order valence-corrected chi connectivity index (χ3v) is 3.16. The van der Waals surface area contributed by atoms with Crippen LogP contribution in [0.5, 0.6) is 0 Å². The SMILES string of the molecule is CC(C)(C)OC(=O)Cn1c(C(=O)O)cc2cc(C(F)(F)F)ccc21. The quantitative estimate of drug-likeness (QED) is 0.863. The van der Waals surface area contributed by atoms with Gasteiger partial charge in [0.2, 0.25) is 0 Å². The monoisotopic (exact) mass is 343 g/mol. The number of esters is 1. The van der Waals surface area contributed by atoms with Crippen LogP contribution in [-0.2, 0) is 22.3 Å². The molecule has 0 amide bonds. The van der Waals surface area contributed by atoms with Crippen molar-refractivity contribution in [2.24, 2.45) is 0 Å². The minimum absolute atomic E-state index is 0.0887. The van der Waals surface area contributed by atoms with Gasteiger partial charge >= 0.3 is 18.1 Å². The minimum atomic E-state index is -4.54. The summed E-state index contributed by atoms with van der Waals surface area (Å²) in [5, 5.41) is 9.33. The molecule has 0 unspecified atom stereocenters. The first-order chi connectivity index (χ1) is 10.9. The summed E-state index contributed by atoms with van der Waals surface area (Å²) in [6, 6.07) is 3.96. The molecule has 8 heteroatoms. The first-order valence-electron chi connectivity index (χ1n) is 7.04. The number of carbonyl (C=O) groups is 2. The molecule has 2 aromatic rings. The molecule has 1 heterocycles. The van der Waals surface area contributed by atoms with Crippen molar-refractivity contribution in [2.45, 2.75) is 39.1 Å². The summed E-state index contributed by atoms with van der Waals surface area (Å²) in [4.78, 5) is 23.3. The van der Waals surface area contributed by atoms with Gasteiger partial charge in [-0.15, -0.1) is 0 Å². The topological polar surface area (TPSA) is 68.5 Å². The van der Waals surface area contributed by atoms with E-state index in [9.17, 15) is 27.9 Å². The predicted octanol–water partition coefficient (Wildman–Crippen LogP) is 3.70. The van der Waals surface area contributed by atoms with Crippen molar-refractivity contribution in [2.75, 3.05) is 0 Å². The Morgan fingerprint density at radius 3 is 2.29 bits per heavy atom. The number of aromatic nitrogens is 1. The number of carboxylic acid groups (broad SMARTS) is 1. The van der Waals surface area contributed by atoms with E-state index >= 15 is 0 Å². The Balaban J connectivity index is 2.49. The van der Waals surface area contributed by atoms with Crippen LogP contribution in [0.1, 0.15) is 36.8 Å². The van der Waals surface area contributed by atoms with Crippen LogP contribution in [0.25, 0.3) is 10.9 Å². The zero-order valence-electron chi connectivity index (χ0n) is 13.3. The third kappa shape index (κ3) is 3.87. The number of carboxylic acids is 1. The molecule has 5 nitrogen and oxygen atoms in total. The summed E-state index contributed by atoms with van der Waals surface area (Å²) in [6.45, 7) is 4.57. The molecule has 2 rings (SSSR count). The summed E-state index contributed by atoms with van der Waals surface area (Å²) in [5.74, 6) is -2.02. The molecule has 0 atom stereocenters. The van der Waals surface area contributed by atoms with Gasteiger partial charge in [0.15, 0.2) is 0 Å². The van der Waals surface area contributed by atoms with Gasteiger partial charge in [0.25, 0.3) is 0 Å². The molecule has 0 radical (unpaired) electrons. The number of benzene rings is 1. The number of nitrogens with zero attached hydrogens (tertiary/aromatic N) is 1. The smallest absolute Gasteiger partial charge is 0.416 e. The number of halogens is 3. The van der Waals surface area contributed by atoms with E-state index in [4.69, 9.17) is 4.74 Å². The van der Waals surface area contributed by atoms with E-state index in [1.54, 1.807) is 20.8 Å². The van der Waals surface area contributed by atoms with E-state index in [0.717, 1.165) is 28.8 Å². The molecule has 0 aliphatic carbocycles. The summed E-state index contributed by atoms with van der Waals surface area (Å²) in [6.07, 6.45) is -4.54. The summed E-state index contributed by atoms with van der Waals surface area (Å²) < 4.78 is 44.6. The lowest BCUT2D eigenvalue weighted by atomic mass is 10.1. The predicted molar refractivity (Wildman–Crippen MR) is 79.7 cm³/mol. The van der Waals surface area contributed by atoms with Gasteiger partial charge in [0.05, 0.1) is 5.56 Å². The van der Waals surface area contributed by atoms with Gasteiger partial charge in [-0.1, -0.05) is 0 Å². The summed E-state index contributed by atoms with van der Waals surface area (Å²) in [7, 11) is 0. The molecule has 0 saturated heterocycles. The Bertz CT molecular complexity index is 800. The van der Waals surface area contributed by atoms with Gasteiger partial charge in [0.1, 0.15) is 17.8 Å². The number of ether oxygens (including phenoxy) is 1. The molecule has 1 aromatic heterocycles. The third-order valence-electron chi connectivity index (χ3n) is 3.16. The molecule has 130 valence electrons. The van der Waals surface area contributed by atoms with Crippen molar-refractivity contribution in [1.82, 2.24) is 4.57 Å². The second kappa shape index (κ2) is 5.85. The molecule has 0 saturated carbocycles. The molecule has 24 heavy (non-hydrogen) atoms. The van der Waals surface area contributed by atoms with Gasteiger partial charge in [-0.3, -0.25) is 4.79 Å². The molecular formula is C16H16F3NO4. The van der Waals surface area contributed by atoms with Crippen molar-refractivity contribution in [3.63, 3.8) is 0 Å². The number of rotatable bonds is 3. The zero-order chi connectivity index (χ0) is 18.3. The highest BCUT2D eigenvalue weighted by Gasteiger charge is 2.31. The second-order valence-corrected chi connectivity index (χ2v) is 6.28. The average Bonchev–Trinajstić information content (AvgIpc) is 2.73. The normalized spacial score (nSPS) is 12.4. The summed E-state index contributed by atoms with van der Waals surface area (Å²) >= 11 is 0. The van der Waals surface area contributed by atoms with Gasteiger partial charge in [0, 0.05) is 10.9 Å². The Kier molecular flexibility index (Phi) is 4.34. The Hall–Kier alpha value is -2.51. The minimum Gasteiger partial charge on any atom is -0.477 e. The fraction of sp³-hybridized carbons (Fsp3) is 0.375. The van der Waals surface area contributed by atoms with E-state index in [1.807, 2.05) is 0 Å². The highest BCUT2D eigenvalue weighted by atomic mass is 19.4. The maximum absolute atomic E-state index is 12.8. The van der Waals surface area contributed by atoms with Gasteiger partial charge in [-0.2, -0.15) is 13.2 Å². The van der Waals surface area contributed by atoms with Crippen LogP contribution in [0, 0.1) is 0 Å². The van der Waals surface area contributed by atoms with Crippen LogP contribution in [-0.4, -0.2) is 27.2 Å². The van der Waals surface area contributed by atoms with Gasteiger partial charge in [-0.05, 0) is 45.0 Å². The molecule has 1 aromatic carbocycles. The van der Waals surface area contributed by atoms with Gasteiger partial charge < -0.3 is 14.4 Å². The van der Waals surface area contributed by atoms with Gasteiger partial charge in [-0.25, -0.2) is 4.79 Å². The molecule has 0 aliphatic rings. The molecule has 0 spiro atoms. The lowest BCUT2D eigenvalue weighted by Crippen LogP contribution is -2.27. The number of fused-ring (bicyclic) bond motifs is 1. The largest absolute Gasteiger partial charge is 0.477 e. The Labute approximate surface area is 135 Å². The van der Waals surface area contributed by atoms with Crippen LogP contribution in [0.15, 0.2) is 24.3 Å². The first kappa shape index (κ1) is 17.8. The number of carbonyl (C=O) groups excluding carboxylic acids is 1. The van der Waals surface area contributed by atoms with Crippen LogP contribution < -0.4 is 0 Å². The van der Waals surface area contributed by atoms with E-state index < -0.39 is 35.8 Å². The second-order valence-electron chi connectivity index (χ2n) is 6.28. The van der Waals surface area contributed by atoms with E-state index in [-0.39, 0.29) is 16.6 Å². The maximum Gasteiger partial charge on any atom is 0.416 e. The fourth-order valence-corrected chi connectivity index (χ4v) is 2.30. The summed E-state index contributed by atoms with van der Waals surface area (Å²) in [5.41, 5.74) is -1.71. The molecule has 1 N–H and O–H groups in total. The van der Waals surface area contributed by atoms with Crippen molar-refractivity contribution in [1.29, 1.82) is 0 Å². The average molecular weight is 343 g/mol. The first-order valence-corrected chi connectivity index (χ1v) is 7.04. The maximum atomic E-state index is 12.8. The number of alkyl halides is 3. The van der Waals surface area contributed by atoms with Crippen LogP contribution in [0.3, 0.4) is 0 Å². The van der Waals surface area contributed by atoms with E-state index in [1.165, 1.54) is 0 Å². The number of hydrogen-bond acceptors (Lipinski definition) is 3. The number of aromatic carboxylic acids is 1. The van der Waals surface area contributed by atoms with Crippen molar-refractivity contribution in [3.05, 3.63) is 35.5 Å². The van der Waals surface area contributed by atoms with Crippen LogP contribution in [0.4, 0.5) is 13.2 Å².